The highest BCUT2D eigenvalue weighted by molar-refractivity contribution is 5.88. The van der Waals surface area contributed by atoms with Gasteiger partial charge in [0, 0.05) is 6.42 Å². The van der Waals surface area contributed by atoms with Crippen LogP contribution in [-0.4, -0.2) is 29.7 Å². The third kappa shape index (κ3) is 12.8. The standard InChI is InChI=1S/C17H33NO4/c1-2-3-4-5-6-7-8-9-10-11-12-13-16(20)22-17(21)15(18)14-19/h15,19H,2-14,18H2,1H3/t15-/m0/s1. The summed E-state index contributed by atoms with van der Waals surface area (Å²) in [5.41, 5.74) is 5.25. The molecule has 22 heavy (non-hydrogen) atoms. The summed E-state index contributed by atoms with van der Waals surface area (Å²) in [6, 6.07) is -1.12. The average molecular weight is 315 g/mol. The molecule has 0 saturated carbocycles. The molecule has 5 nitrogen and oxygen atoms in total. The predicted molar refractivity (Wildman–Crippen MR) is 87.2 cm³/mol. The van der Waals surface area contributed by atoms with E-state index in [1.807, 2.05) is 0 Å². The topological polar surface area (TPSA) is 89.6 Å². The molecule has 0 aromatic carbocycles. The van der Waals surface area contributed by atoms with Gasteiger partial charge < -0.3 is 15.6 Å². The fraction of sp³-hybridized carbons (Fsp3) is 0.882. The summed E-state index contributed by atoms with van der Waals surface area (Å²) in [7, 11) is 0. The number of hydrogen-bond acceptors (Lipinski definition) is 5. The lowest BCUT2D eigenvalue weighted by Gasteiger charge is -2.07. The van der Waals surface area contributed by atoms with Gasteiger partial charge in [-0.15, -0.1) is 0 Å². The summed E-state index contributed by atoms with van der Waals surface area (Å²) in [4.78, 5) is 22.5. The molecule has 0 rings (SSSR count). The molecule has 0 unspecified atom stereocenters. The second-order valence-electron chi connectivity index (χ2n) is 5.87. The number of aliphatic hydroxyl groups is 1. The van der Waals surface area contributed by atoms with Gasteiger partial charge in [-0.3, -0.25) is 4.79 Å². The molecule has 0 aliphatic rings. The van der Waals surface area contributed by atoms with Gasteiger partial charge in [-0.1, -0.05) is 71.1 Å². The first-order chi connectivity index (χ1) is 10.6. The molecule has 0 bridgehead atoms. The van der Waals surface area contributed by atoms with Crippen LogP contribution in [0.4, 0.5) is 0 Å². The SMILES string of the molecule is CCCCCCCCCCCCCC(=O)OC(=O)[C@@H](N)CO. The summed E-state index contributed by atoms with van der Waals surface area (Å²) < 4.78 is 4.53. The van der Waals surface area contributed by atoms with Crippen LogP contribution in [0.2, 0.25) is 0 Å². The molecule has 3 N–H and O–H groups in total. The van der Waals surface area contributed by atoms with Crippen molar-refractivity contribution in [1.82, 2.24) is 0 Å². The Morgan fingerprint density at radius 2 is 1.36 bits per heavy atom. The van der Waals surface area contributed by atoms with Crippen LogP contribution in [0.1, 0.15) is 84.0 Å². The fourth-order valence-corrected chi connectivity index (χ4v) is 2.25. The normalized spacial score (nSPS) is 12.1. The predicted octanol–water partition coefficient (Wildman–Crippen LogP) is 3.08. The Labute approximate surface area is 134 Å². The number of hydrogen-bond donors (Lipinski definition) is 2. The maximum absolute atomic E-state index is 11.4. The molecule has 0 aromatic heterocycles. The van der Waals surface area contributed by atoms with Crippen molar-refractivity contribution in [3.8, 4) is 0 Å². The lowest BCUT2D eigenvalue weighted by Crippen LogP contribution is -2.36. The molecule has 5 heteroatoms. The monoisotopic (exact) mass is 315 g/mol. The van der Waals surface area contributed by atoms with E-state index in [0.717, 1.165) is 19.3 Å². The lowest BCUT2D eigenvalue weighted by molar-refractivity contribution is -0.161. The van der Waals surface area contributed by atoms with E-state index in [1.54, 1.807) is 0 Å². The Balaban J connectivity index is 3.32. The fourth-order valence-electron chi connectivity index (χ4n) is 2.25. The van der Waals surface area contributed by atoms with Crippen LogP contribution in [0.15, 0.2) is 0 Å². The number of nitrogens with two attached hydrogens (primary N) is 1. The number of unbranched alkanes of at least 4 members (excludes halogenated alkanes) is 10. The van der Waals surface area contributed by atoms with E-state index in [1.165, 1.54) is 51.4 Å². The second kappa shape index (κ2) is 15.0. The van der Waals surface area contributed by atoms with Gasteiger partial charge in [-0.05, 0) is 6.42 Å². The van der Waals surface area contributed by atoms with Gasteiger partial charge in [0.25, 0.3) is 0 Å². The summed E-state index contributed by atoms with van der Waals surface area (Å²) in [6.07, 6.45) is 13.5. The molecule has 0 aromatic rings. The molecule has 0 fully saturated rings. The molecule has 0 radical (unpaired) electrons. The second-order valence-corrected chi connectivity index (χ2v) is 5.87. The van der Waals surface area contributed by atoms with Gasteiger partial charge in [-0.25, -0.2) is 4.79 Å². The highest BCUT2D eigenvalue weighted by Crippen LogP contribution is 2.12. The highest BCUT2D eigenvalue weighted by Gasteiger charge is 2.17. The average Bonchev–Trinajstić information content (AvgIpc) is 2.51. The Hall–Kier alpha value is -0.940. The molecule has 0 saturated heterocycles. The Kier molecular flexibility index (Phi) is 14.3. The van der Waals surface area contributed by atoms with Gasteiger partial charge in [0.1, 0.15) is 6.04 Å². The summed E-state index contributed by atoms with van der Waals surface area (Å²) in [6.45, 7) is 1.72. The van der Waals surface area contributed by atoms with Crippen LogP contribution < -0.4 is 5.73 Å². The number of carbonyl (C=O) groups excluding carboxylic acids is 2. The zero-order chi connectivity index (χ0) is 16.6. The van der Waals surface area contributed by atoms with Crippen molar-refractivity contribution in [3.63, 3.8) is 0 Å². The number of ether oxygens (including phenoxy) is 1. The van der Waals surface area contributed by atoms with E-state index in [4.69, 9.17) is 10.8 Å². The van der Waals surface area contributed by atoms with E-state index in [9.17, 15) is 9.59 Å². The van der Waals surface area contributed by atoms with Crippen molar-refractivity contribution in [1.29, 1.82) is 0 Å². The van der Waals surface area contributed by atoms with Crippen LogP contribution >= 0.6 is 0 Å². The first-order valence-electron chi connectivity index (χ1n) is 8.72. The van der Waals surface area contributed by atoms with Gasteiger partial charge >= 0.3 is 11.9 Å². The zero-order valence-corrected chi connectivity index (χ0v) is 14.0. The van der Waals surface area contributed by atoms with Crippen molar-refractivity contribution in [2.75, 3.05) is 6.61 Å². The van der Waals surface area contributed by atoms with Crippen molar-refractivity contribution >= 4 is 11.9 Å². The summed E-state index contributed by atoms with van der Waals surface area (Å²) in [5, 5.41) is 8.66. The van der Waals surface area contributed by atoms with Gasteiger partial charge in [0.05, 0.1) is 6.61 Å². The number of rotatable bonds is 14. The third-order valence-electron chi connectivity index (χ3n) is 3.70. The minimum atomic E-state index is -1.12. The van der Waals surface area contributed by atoms with E-state index >= 15 is 0 Å². The Morgan fingerprint density at radius 1 is 0.909 bits per heavy atom. The molecular weight excluding hydrogens is 282 g/mol. The maximum Gasteiger partial charge on any atom is 0.332 e. The summed E-state index contributed by atoms with van der Waals surface area (Å²) >= 11 is 0. The molecular formula is C17H33NO4. The largest absolute Gasteiger partial charge is 0.394 e. The van der Waals surface area contributed by atoms with Crippen molar-refractivity contribution in [3.05, 3.63) is 0 Å². The molecule has 0 amide bonds. The number of aliphatic hydroxyl groups excluding tert-OH is 1. The van der Waals surface area contributed by atoms with E-state index in [-0.39, 0.29) is 6.42 Å². The molecule has 130 valence electrons. The molecule has 0 aliphatic carbocycles. The van der Waals surface area contributed by atoms with E-state index < -0.39 is 24.6 Å². The van der Waals surface area contributed by atoms with Crippen LogP contribution in [0.25, 0.3) is 0 Å². The van der Waals surface area contributed by atoms with Crippen LogP contribution in [0.5, 0.6) is 0 Å². The third-order valence-corrected chi connectivity index (χ3v) is 3.70. The lowest BCUT2D eigenvalue weighted by atomic mass is 10.1. The smallest absolute Gasteiger partial charge is 0.332 e. The Morgan fingerprint density at radius 3 is 1.82 bits per heavy atom. The van der Waals surface area contributed by atoms with Gasteiger partial charge in [0.2, 0.25) is 0 Å². The van der Waals surface area contributed by atoms with Gasteiger partial charge in [-0.2, -0.15) is 0 Å². The maximum atomic E-state index is 11.4. The molecule has 0 spiro atoms. The van der Waals surface area contributed by atoms with Crippen molar-refractivity contribution in [2.24, 2.45) is 5.73 Å². The Bertz CT molecular complexity index is 294. The number of carbonyl (C=O) groups is 2. The highest BCUT2D eigenvalue weighted by atomic mass is 16.6. The van der Waals surface area contributed by atoms with Crippen LogP contribution in [0, 0.1) is 0 Å². The summed E-state index contributed by atoms with van der Waals surface area (Å²) in [5.74, 6) is -1.40. The van der Waals surface area contributed by atoms with Crippen molar-refractivity contribution < 1.29 is 19.4 Å². The van der Waals surface area contributed by atoms with Gasteiger partial charge in [0.15, 0.2) is 0 Å². The number of esters is 2. The van der Waals surface area contributed by atoms with Crippen LogP contribution in [-0.2, 0) is 14.3 Å². The first kappa shape index (κ1) is 21.1. The minimum Gasteiger partial charge on any atom is -0.394 e. The van der Waals surface area contributed by atoms with E-state index in [2.05, 4.69) is 11.7 Å². The van der Waals surface area contributed by atoms with E-state index in [0.29, 0.717) is 0 Å². The molecule has 0 aliphatic heterocycles. The molecule has 0 heterocycles. The molecule has 1 atom stereocenters. The minimum absolute atomic E-state index is 0.237. The van der Waals surface area contributed by atoms with Crippen LogP contribution in [0.3, 0.4) is 0 Å². The first-order valence-corrected chi connectivity index (χ1v) is 8.72. The quantitative estimate of drug-likeness (QED) is 0.292. The zero-order valence-electron chi connectivity index (χ0n) is 14.0. The van der Waals surface area contributed by atoms with Crippen molar-refractivity contribution in [2.45, 2.75) is 90.0 Å².